The quantitative estimate of drug-likeness (QED) is 0.756. The smallest absolute Gasteiger partial charge is 0.230 e. The molecule has 1 aliphatic heterocycles. The molecular weight excluding hydrogens is 204 g/mol. The molecular formula is C12H22N2O2. The molecule has 0 aromatic carbocycles. The number of nitrogens with two attached hydrogens (primary N) is 1. The Bertz CT molecular complexity index is 261. The summed E-state index contributed by atoms with van der Waals surface area (Å²) >= 11 is 0. The van der Waals surface area contributed by atoms with Gasteiger partial charge in [0.2, 0.25) is 5.91 Å². The summed E-state index contributed by atoms with van der Waals surface area (Å²) in [5.41, 5.74) is 5.53. The Balaban J connectivity index is 2.03. The van der Waals surface area contributed by atoms with Gasteiger partial charge in [0, 0.05) is 19.6 Å². The lowest BCUT2D eigenvalue weighted by Crippen LogP contribution is -2.57. The van der Waals surface area contributed by atoms with E-state index in [1.165, 1.54) is 0 Å². The van der Waals surface area contributed by atoms with Crippen LogP contribution in [-0.2, 0) is 9.53 Å². The first kappa shape index (κ1) is 11.9. The molecule has 1 aliphatic carbocycles. The molecule has 16 heavy (non-hydrogen) atoms. The van der Waals surface area contributed by atoms with Crippen LogP contribution >= 0.6 is 0 Å². The zero-order chi connectivity index (χ0) is 11.8. The van der Waals surface area contributed by atoms with Gasteiger partial charge >= 0.3 is 0 Å². The Hall–Kier alpha value is -0.610. The van der Waals surface area contributed by atoms with E-state index in [2.05, 4.69) is 0 Å². The van der Waals surface area contributed by atoms with Crippen LogP contribution in [0.2, 0.25) is 0 Å². The van der Waals surface area contributed by atoms with E-state index in [-0.39, 0.29) is 23.5 Å². The Labute approximate surface area is 97.1 Å². The fourth-order valence-electron chi connectivity index (χ4n) is 2.79. The van der Waals surface area contributed by atoms with Gasteiger partial charge in [-0.25, -0.2) is 0 Å². The number of carbonyl (C=O) groups excluding carboxylic acids is 1. The van der Waals surface area contributed by atoms with Crippen LogP contribution in [0.3, 0.4) is 0 Å². The minimum absolute atomic E-state index is 0.141. The molecule has 2 unspecified atom stereocenters. The van der Waals surface area contributed by atoms with Crippen LogP contribution in [-0.4, -0.2) is 42.6 Å². The summed E-state index contributed by atoms with van der Waals surface area (Å²) in [5, 5.41) is 0. The SMILES string of the molecule is CC1CN(C(=O)C2(CN)CCC2)CC(C)O1. The molecule has 2 rings (SSSR count). The van der Waals surface area contributed by atoms with Crippen molar-refractivity contribution in [2.75, 3.05) is 19.6 Å². The molecule has 2 aliphatic rings. The molecule has 0 bridgehead atoms. The van der Waals surface area contributed by atoms with Gasteiger partial charge in [-0.2, -0.15) is 0 Å². The van der Waals surface area contributed by atoms with Gasteiger partial charge < -0.3 is 15.4 Å². The van der Waals surface area contributed by atoms with E-state index in [0.717, 1.165) is 19.3 Å². The Morgan fingerprint density at radius 3 is 2.31 bits per heavy atom. The number of amides is 1. The van der Waals surface area contributed by atoms with Gasteiger partial charge in [0.15, 0.2) is 0 Å². The molecule has 1 saturated heterocycles. The second-order valence-electron chi connectivity index (χ2n) is 5.31. The number of hydrogen-bond acceptors (Lipinski definition) is 3. The predicted molar refractivity (Wildman–Crippen MR) is 61.9 cm³/mol. The molecule has 1 heterocycles. The van der Waals surface area contributed by atoms with Crippen molar-refractivity contribution in [2.45, 2.75) is 45.3 Å². The van der Waals surface area contributed by atoms with E-state index in [1.807, 2.05) is 18.7 Å². The maximum absolute atomic E-state index is 12.4. The highest BCUT2D eigenvalue weighted by atomic mass is 16.5. The van der Waals surface area contributed by atoms with Gasteiger partial charge in [-0.15, -0.1) is 0 Å². The first-order chi connectivity index (χ1) is 7.57. The molecule has 0 radical (unpaired) electrons. The summed E-state index contributed by atoms with van der Waals surface area (Å²) in [4.78, 5) is 14.4. The van der Waals surface area contributed by atoms with Gasteiger partial charge in [0.25, 0.3) is 0 Å². The number of morpholine rings is 1. The van der Waals surface area contributed by atoms with Gasteiger partial charge in [0.1, 0.15) is 0 Å². The number of hydrogen-bond donors (Lipinski definition) is 1. The maximum Gasteiger partial charge on any atom is 0.230 e. The highest BCUT2D eigenvalue weighted by Crippen LogP contribution is 2.41. The number of rotatable bonds is 2. The zero-order valence-corrected chi connectivity index (χ0v) is 10.2. The van der Waals surface area contributed by atoms with E-state index >= 15 is 0 Å². The van der Waals surface area contributed by atoms with Crippen LogP contribution in [0.25, 0.3) is 0 Å². The first-order valence-corrected chi connectivity index (χ1v) is 6.22. The predicted octanol–water partition coefficient (Wildman–Crippen LogP) is 0.751. The van der Waals surface area contributed by atoms with Crippen molar-refractivity contribution in [2.24, 2.45) is 11.1 Å². The standard InChI is InChI=1S/C12H22N2O2/c1-9-6-14(7-10(2)16-9)11(15)12(8-13)4-3-5-12/h9-10H,3-8,13H2,1-2H3. The van der Waals surface area contributed by atoms with E-state index in [9.17, 15) is 4.79 Å². The third-order valence-electron chi connectivity index (χ3n) is 3.86. The molecule has 2 atom stereocenters. The lowest BCUT2D eigenvalue weighted by Gasteiger charge is -2.45. The van der Waals surface area contributed by atoms with E-state index < -0.39 is 0 Å². The second-order valence-corrected chi connectivity index (χ2v) is 5.31. The average Bonchev–Trinajstić information content (AvgIpc) is 2.15. The van der Waals surface area contributed by atoms with Crippen molar-refractivity contribution < 1.29 is 9.53 Å². The topological polar surface area (TPSA) is 55.6 Å². The fraction of sp³-hybridized carbons (Fsp3) is 0.917. The van der Waals surface area contributed by atoms with Crippen LogP contribution in [0.1, 0.15) is 33.1 Å². The Morgan fingerprint density at radius 1 is 1.38 bits per heavy atom. The third-order valence-corrected chi connectivity index (χ3v) is 3.86. The Kier molecular flexibility index (Phi) is 3.22. The number of carbonyl (C=O) groups is 1. The van der Waals surface area contributed by atoms with E-state index in [0.29, 0.717) is 19.6 Å². The molecule has 0 aromatic rings. The number of ether oxygens (including phenoxy) is 1. The summed E-state index contributed by atoms with van der Waals surface area (Å²) in [6.07, 6.45) is 3.34. The van der Waals surface area contributed by atoms with Crippen molar-refractivity contribution in [3.63, 3.8) is 0 Å². The summed E-state index contributed by atoms with van der Waals surface area (Å²) in [5.74, 6) is 0.253. The molecule has 4 nitrogen and oxygen atoms in total. The molecule has 1 amide bonds. The average molecular weight is 226 g/mol. The molecule has 0 spiro atoms. The van der Waals surface area contributed by atoms with Gasteiger partial charge in [-0.1, -0.05) is 6.42 Å². The molecule has 4 heteroatoms. The minimum Gasteiger partial charge on any atom is -0.372 e. The summed E-state index contributed by atoms with van der Waals surface area (Å²) in [6.45, 7) is 5.96. The molecule has 92 valence electrons. The first-order valence-electron chi connectivity index (χ1n) is 6.22. The maximum atomic E-state index is 12.4. The zero-order valence-electron chi connectivity index (χ0n) is 10.2. The van der Waals surface area contributed by atoms with Crippen LogP contribution in [0.4, 0.5) is 0 Å². The summed E-state index contributed by atoms with van der Waals surface area (Å²) in [6, 6.07) is 0. The number of nitrogens with zero attached hydrogens (tertiary/aromatic N) is 1. The molecule has 1 saturated carbocycles. The highest BCUT2D eigenvalue weighted by Gasteiger charge is 2.46. The summed E-state index contributed by atoms with van der Waals surface area (Å²) in [7, 11) is 0. The summed E-state index contributed by atoms with van der Waals surface area (Å²) < 4.78 is 5.64. The van der Waals surface area contributed by atoms with Crippen LogP contribution in [0, 0.1) is 5.41 Å². The van der Waals surface area contributed by atoms with Crippen LogP contribution < -0.4 is 5.73 Å². The molecule has 2 N–H and O–H groups in total. The van der Waals surface area contributed by atoms with Crippen molar-refractivity contribution in [1.82, 2.24) is 4.90 Å². The molecule has 2 fully saturated rings. The van der Waals surface area contributed by atoms with E-state index in [4.69, 9.17) is 10.5 Å². The van der Waals surface area contributed by atoms with Crippen molar-refractivity contribution in [3.05, 3.63) is 0 Å². The minimum atomic E-state index is -0.239. The largest absolute Gasteiger partial charge is 0.372 e. The third kappa shape index (κ3) is 1.96. The van der Waals surface area contributed by atoms with Gasteiger partial charge in [-0.3, -0.25) is 4.79 Å². The van der Waals surface area contributed by atoms with Crippen LogP contribution in [0.15, 0.2) is 0 Å². The van der Waals surface area contributed by atoms with Crippen LogP contribution in [0.5, 0.6) is 0 Å². The normalized spacial score (nSPS) is 33.3. The molecule has 0 aromatic heterocycles. The highest BCUT2D eigenvalue weighted by molar-refractivity contribution is 5.84. The van der Waals surface area contributed by atoms with Gasteiger partial charge in [0.05, 0.1) is 17.6 Å². The van der Waals surface area contributed by atoms with Crippen molar-refractivity contribution in [3.8, 4) is 0 Å². The Morgan fingerprint density at radius 2 is 1.94 bits per heavy atom. The van der Waals surface area contributed by atoms with Crippen molar-refractivity contribution >= 4 is 5.91 Å². The van der Waals surface area contributed by atoms with Crippen molar-refractivity contribution in [1.29, 1.82) is 0 Å². The lowest BCUT2D eigenvalue weighted by molar-refractivity contribution is -0.158. The fourth-order valence-corrected chi connectivity index (χ4v) is 2.79. The lowest BCUT2D eigenvalue weighted by atomic mass is 9.67. The van der Waals surface area contributed by atoms with Gasteiger partial charge in [-0.05, 0) is 26.7 Å². The monoisotopic (exact) mass is 226 g/mol. The van der Waals surface area contributed by atoms with E-state index in [1.54, 1.807) is 0 Å². The second kappa shape index (κ2) is 4.34.